The smallest absolute Gasteiger partial charge is 0.325 e. The van der Waals surface area contributed by atoms with E-state index in [1.807, 2.05) is 0 Å². The number of carbonyl (C=O) groups excluding carboxylic acids is 4. The summed E-state index contributed by atoms with van der Waals surface area (Å²) in [7, 11) is 0. The molecule has 0 saturated carbocycles. The summed E-state index contributed by atoms with van der Waals surface area (Å²) < 4.78 is 9.29. The molecule has 0 aromatic carbocycles. The molecule has 0 saturated heterocycles. The van der Waals surface area contributed by atoms with Crippen LogP contribution in [0.25, 0.3) is 0 Å². The van der Waals surface area contributed by atoms with Gasteiger partial charge in [0.25, 0.3) is 0 Å². The number of ether oxygens (including phenoxy) is 2. The molecule has 0 spiro atoms. The highest BCUT2D eigenvalue weighted by molar-refractivity contribution is 5.86. The summed E-state index contributed by atoms with van der Waals surface area (Å²) in [5.41, 5.74) is 5.59. The predicted molar refractivity (Wildman–Crippen MR) is 76.5 cm³/mol. The molecule has 2 amide bonds. The van der Waals surface area contributed by atoms with Crippen LogP contribution in [0.4, 0.5) is 0 Å². The zero-order chi connectivity index (χ0) is 17.0. The van der Waals surface area contributed by atoms with E-state index in [0.29, 0.717) is 0 Å². The van der Waals surface area contributed by atoms with Gasteiger partial charge in [-0.25, -0.2) is 0 Å². The largest absolute Gasteiger partial charge is 0.465 e. The third kappa shape index (κ3) is 9.70. The van der Waals surface area contributed by atoms with Crippen LogP contribution in [0, 0.1) is 0 Å². The lowest BCUT2D eigenvalue weighted by atomic mass is 10.1. The summed E-state index contributed by atoms with van der Waals surface area (Å²) in [5, 5.41) is 4.67. The maximum atomic E-state index is 11.6. The molecule has 0 aliphatic rings. The van der Waals surface area contributed by atoms with Gasteiger partial charge in [-0.15, -0.1) is 0 Å². The van der Waals surface area contributed by atoms with Crippen molar-refractivity contribution in [3.8, 4) is 0 Å². The van der Waals surface area contributed by atoms with Crippen LogP contribution in [-0.4, -0.2) is 56.1 Å². The number of amides is 2. The molecule has 0 radical (unpaired) electrons. The van der Waals surface area contributed by atoms with Crippen LogP contribution in [0.2, 0.25) is 0 Å². The van der Waals surface area contributed by atoms with Gasteiger partial charge in [0.15, 0.2) is 0 Å². The Morgan fingerprint density at radius 1 is 0.955 bits per heavy atom. The second kappa shape index (κ2) is 11.5. The van der Waals surface area contributed by atoms with E-state index in [4.69, 9.17) is 5.73 Å². The third-order valence-electron chi connectivity index (χ3n) is 2.47. The number of carbonyl (C=O) groups is 4. The molecular weight excluding hydrogens is 294 g/mol. The number of hydrogen-bond acceptors (Lipinski definition) is 7. The van der Waals surface area contributed by atoms with Crippen molar-refractivity contribution in [2.45, 2.75) is 32.7 Å². The molecule has 0 fully saturated rings. The topological polar surface area (TPSA) is 137 Å². The minimum Gasteiger partial charge on any atom is -0.465 e. The van der Waals surface area contributed by atoms with E-state index in [1.165, 1.54) is 0 Å². The van der Waals surface area contributed by atoms with Gasteiger partial charge in [0.05, 0.1) is 19.3 Å². The maximum absolute atomic E-state index is 11.6. The van der Waals surface area contributed by atoms with Crippen molar-refractivity contribution in [3.63, 3.8) is 0 Å². The van der Waals surface area contributed by atoms with E-state index < -0.39 is 29.8 Å². The minimum absolute atomic E-state index is 0.0204. The molecule has 9 heteroatoms. The summed E-state index contributed by atoms with van der Waals surface area (Å²) >= 11 is 0. The fourth-order valence-electron chi connectivity index (χ4n) is 1.39. The molecule has 1 unspecified atom stereocenters. The third-order valence-corrected chi connectivity index (χ3v) is 2.47. The van der Waals surface area contributed by atoms with Gasteiger partial charge in [-0.1, -0.05) is 0 Å². The second-order valence-corrected chi connectivity index (χ2v) is 4.25. The van der Waals surface area contributed by atoms with Gasteiger partial charge in [-0.05, 0) is 20.3 Å². The number of rotatable bonds is 10. The zero-order valence-electron chi connectivity index (χ0n) is 12.8. The first-order chi connectivity index (χ1) is 10.4. The standard InChI is InChI=1S/C13H23N3O6/c1-3-21-11(18)7-15-10(17)6-5-9(14)13(20)16-8-12(19)22-4-2/h9H,3-8,14H2,1-2H3,(H,15,17)(H,16,20). The van der Waals surface area contributed by atoms with Gasteiger partial charge in [0, 0.05) is 6.42 Å². The maximum Gasteiger partial charge on any atom is 0.325 e. The summed E-state index contributed by atoms with van der Waals surface area (Å²) in [6, 6.07) is -0.928. The average Bonchev–Trinajstić information content (AvgIpc) is 2.48. The quantitative estimate of drug-likeness (QED) is 0.415. The molecule has 0 aromatic heterocycles. The Balaban J connectivity index is 3.88. The minimum atomic E-state index is -0.928. The van der Waals surface area contributed by atoms with E-state index in [2.05, 4.69) is 20.1 Å². The van der Waals surface area contributed by atoms with Gasteiger partial charge in [0.2, 0.25) is 11.8 Å². The molecule has 9 nitrogen and oxygen atoms in total. The molecule has 126 valence electrons. The van der Waals surface area contributed by atoms with Crippen molar-refractivity contribution < 1.29 is 28.7 Å². The van der Waals surface area contributed by atoms with Crippen LogP contribution in [0.3, 0.4) is 0 Å². The Kier molecular flexibility index (Phi) is 10.4. The monoisotopic (exact) mass is 317 g/mol. The number of esters is 2. The van der Waals surface area contributed by atoms with Crippen LogP contribution in [-0.2, 0) is 28.7 Å². The van der Waals surface area contributed by atoms with Crippen molar-refractivity contribution in [1.82, 2.24) is 10.6 Å². The molecular formula is C13H23N3O6. The van der Waals surface area contributed by atoms with E-state index in [1.54, 1.807) is 13.8 Å². The van der Waals surface area contributed by atoms with Gasteiger partial charge in [0.1, 0.15) is 13.1 Å². The van der Waals surface area contributed by atoms with Crippen molar-refractivity contribution in [2.75, 3.05) is 26.3 Å². The molecule has 22 heavy (non-hydrogen) atoms. The van der Waals surface area contributed by atoms with E-state index in [9.17, 15) is 19.2 Å². The van der Waals surface area contributed by atoms with Gasteiger partial charge < -0.3 is 25.8 Å². The van der Waals surface area contributed by atoms with E-state index in [-0.39, 0.29) is 39.1 Å². The highest BCUT2D eigenvalue weighted by Gasteiger charge is 2.16. The lowest BCUT2D eigenvalue weighted by molar-refractivity contribution is -0.143. The van der Waals surface area contributed by atoms with Crippen molar-refractivity contribution in [1.29, 1.82) is 0 Å². The van der Waals surface area contributed by atoms with Crippen molar-refractivity contribution in [3.05, 3.63) is 0 Å². The molecule has 0 aliphatic carbocycles. The van der Waals surface area contributed by atoms with Gasteiger partial charge in [-0.2, -0.15) is 0 Å². The molecule has 1 atom stereocenters. The Morgan fingerprint density at radius 2 is 1.45 bits per heavy atom. The van der Waals surface area contributed by atoms with Crippen LogP contribution in [0.5, 0.6) is 0 Å². The van der Waals surface area contributed by atoms with Crippen LogP contribution < -0.4 is 16.4 Å². The Hall–Kier alpha value is -2.16. The molecule has 0 rings (SSSR count). The molecule has 0 aromatic rings. The summed E-state index contributed by atoms with van der Waals surface area (Å²) in [6.45, 7) is 3.28. The van der Waals surface area contributed by atoms with Crippen LogP contribution in [0.1, 0.15) is 26.7 Å². The zero-order valence-corrected chi connectivity index (χ0v) is 12.8. The summed E-state index contributed by atoms with van der Waals surface area (Å²) in [6.07, 6.45) is 0.0662. The predicted octanol–water partition coefficient (Wildman–Crippen LogP) is -1.55. The highest BCUT2D eigenvalue weighted by Crippen LogP contribution is 1.95. The number of nitrogens with two attached hydrogens (primary N) is 1. The normalized spacial score (nSPS) is 11.2. The summed E-state index contributed by atoms with van der Waals surface area (Å²) in [5.74, 6) is -2.06. The molecule has 0 aliphatic heterocycles. The fraction of sp³-hybridized carbons (Fsp3) is 0.692. The Labute approximate surface area is 128 Å². The lowest BCUT2D eigenvalue weighted by Gasteiger charge is -2.11. The second-order valence-electron chi connectivity index (χ2n) is 4.25. The van der Waals surface area contributed by atoms with Crippen LogP contribution in [0.15, 0.2) is 0 Å². The van der Waals surface area contributed by atoms with E-state index >= 15 is 0 Å². The fourth-order valence-corrected chi connectivity index (χ4v) is 1.39. The highest BCUT2D eigenvalue weighted by atomic mass is 16.5. The lowest BCUT2D eigenvalue weighted by Crippen LogP contribution is -2.43. The van der Waals surface area contributed by atoms with Gasteiger partial charge in [-0.3, -0.25) is 19.2 Å². The Bertz CT molecular complexity index is 399. The molecule has 0 bridgehead atoms. The number of nitrogens with one attached hydrogen (secondary N) is 2. The summed E-state index contributed by atoms with van der Waals surface area (Å²) in [4.78, 5) is 45.1. The number of hydrogen-bond donors (Lipinski definition) is 3. The molecule has 4 N–H and O–H groups in total. The van der Waals surface area contributed by atoms with Gasteiger partial charge >= 0.3 is 11.9 Å². The Morgan fingerprint density at radius 3 is 1.95 bits per heavy atom. The van der Waals surface area contributed by atoms with Crippen molar-refractivity contribution in [2.24, 2.45) is 5.73 Å². The first kappa shape index (κ1) is 19.8. The molecule has 0 heterocycles. The van der Waals surface area contributed by atoms with E-state index in [0.717, 1.165) is 0 Å². The SMILES string of the molecule is CCOC(=O)CNC(=O)CCC(N)C(=O)NCC(=O)OCC. The van der Waals surface area contributed by atoms with Crippen LogP contribution >= 0.6 is 0 Å². The first-order valence-corrected chi connectivity index (χ1v) is 7.01. The first-order valence-electron chi connectivity index (χ1n) is 7.01. The average molecular weight is 317 g/mol. The van der Waals surface area contributed by atoms with Crippen molar-refractivity contribution >= 4 is 23.8 Å².